The zero-order chi connectivity index (χ0) is 19.4. The second-order valence-corrected chi connectivity index (χ2v) is 7.65. The van der Waals surface area contributed by atoms with Gasteiger partial charge in [-0.25, -0.2) is 4.39 Å². The lowest BCUT2D eigenvalue weighted by molar-refractivity contribution is 0.0701. The summed E-state index contributed by atoms with van der Waals surface area (Å²) >= 11 is 0. The molecule has 1 fully saturated rings. The topological polar surface area (TPSA) is 36.4 Å². The van der Waals surface area contributed by atoms with Gasteiger partial charge in [-0.1, -0.05) is 26.0 Å². The van der Waals surface area contributed by atoms with Crippen LogP contribution in [0.1, 0.15) is 41.9 Å². The van der Waals surface area contributed by atoms with Crippen molar-refractivity contribution in [3.63, 3.8) is 0 Å². The molecule has 1 aliphatic rings. The Labute approximate surface area is 161 Å². The number of amides is 1. The summed E-state index contributed by atoms with van der Waals surface area (Å²) in [5, 5.41) is 0. The molecule has 0 aliphatic carbocycles. The van der Waals surface area contributed by atoms with Crippen molar-refractivity contribution in [2.24, 2.45) is 5.92 Å². The Balaban J connectivity index is 1.77. The molecule has 27 heavy (non-hydrogen) atoms. The van der Waals surface area contributed by atoms with Crippen molar-refractivity contribution in [3.8, 4) is 0 Å². The van der Waals surface area contributed by atoms with Crippen molar-refractivity contribution in [1.82, 2.24) is 14.8 Å². The molecule has 1 atom stereocenters. The molecule has 1 saturated heterocycles. The number of rotatable bonds is 4. The van der Waals surface area contributed by atoms with Gasteiger partial charge >= 0.3 is 0 Å². The summed E-state index contributed by atoms with van der Waals surface area (Å²) in [5.74, 6) is 0.266. The van der Waals surface area contributed by atoms with Crippen LogP contribution in [0.25, 0.3) is 0 Å². The Morgan fingerprint density at radius 2 is 1.96 bits per heavy atom. The van der Waals surface area contributed by atoms with Gasteiger partial charge in [0.1, 0.15) is 5.82 Å². The monoisotopic (exact) mass is 369 g/mol. The molecule has 0 unspecified atom stereocenters. The molecule has 1 aromatic heterocycles. The first kappa shape index (κ1) is 19.5. The quantitative estimate of drug-likeness (QED) is 0.820. The van der Waals surface area contributed by atoms with Crippen LogP contribution in [0.2, 0.25) is 0 Å². The second-order valence-electron chi connectivity index (χ2n) is 7.65. The predicted octanol–water partition coefficient (Wildman–Crippen LogP) is 3.90. The third kappa shape index (κ3) is 4.72. The molecule has 0 N–H and O–H groups in total. The zero-order valence-electron chi connectivity index (χ0n) is 16.4. The van der Waals surface area contributed by atoms with Gasteiger partial charge in [0.05, 0.1) is 5.56 Å². The van der Waals surface area contributed by atoms with E-state index in [1.165, 1.54) is 12.1 Å². The Bertz CT molecular complexity index is 775. The number of hydrogen-bond donors (Lipinski definition) is 0. The van der Waals surface area contributed by atoms with Gasteiger partial charge in [0.2, 0.25) is 0 Å². The maximum atomic E-state index is 13.2. The van der Waals surface area contributed by atoms with E-state index in [9.17, 15) is 9.18 Å². The minimum absolute atomic E-state index is 0.0647. The summed E-state index contributed by atoms with van der Waals surface area (Å²) in [7, 11) is 0. The fourth-order valence-corrected chi connectivity index (χ4v) is 3.78. The fraction of sp³-hybridized carbons (Fsp3) is 0.455. The van der Waals surface area contributed by atoms with Crippen LogP contribution in [0.3, 0.4) is 0 Å². The van der Waals surface area contributed by atoms with Crippen molar-refractivity contribution in [1.29, 1.82) is 0 Å². The number of hydrogen-bond acceptors (Lipinski definition) is 3. The van der Waals surface area contributed by atoms with E-state index in [1.54, 1.807) is 6.20 Å². The van der Waals surface area contributed by atoms with E-state index in [2.05, 4.69) is 23.7 Å². The third-order valence-corrected chi connectivity index (χ3v) is 5.34. The van der Waals surface area contributed by atoms with Gasteiger partial charge in [0.25, 0.3) is 5.91 Å². The zero-order valence-corrected chi connectivity index (χ0v) is 16.4. The summed E-state index contributed by atoms with van der Waals surface area (Å²) < 4.78 is 13.2. The number of carbonyl (C=O) groups is 1. The van der Waals surface area contributed by atoms with Crippen LogP contribution in [-0.4, -0.2) is 46.4 Å². The first-order chi connectivity index (χ1) is 13.0. The summed E-state index contributed by atoms with van der Waals surface area (Å²) in [5.41, 5.74) is 2.56. The van der Waals surface area contributed by atoms with Gasteiger partial charge in [0, 0.05) is 44.1 Å². The van der Waals surface area contributed by atoms with E-state index < -0.39 is 0 Å². The van der Waals surface area contributed by atoms with E-state index in [0.717, 1.165) is 37.3 Å². The molecular formula is C22H28FN3O. The lowest BCUT2D eigenvalue weighted by Crippen LogP contribution is -2.45. The van der Waals surface area contributed by atoms with Gasteiger partial charge in [-0.15, -0.1) is 0 Å². The van der Waals surface area contributed by atoms with Crippen LogP contribution < -0.4 is 0 Å². The molecule has 1 aromatic carbocycles. The average Bonchev–Trinajstić information content (AvgIpc) is 2.86. The van der Waals surface area contributed by atoms with Crippen LogP contribution in [0, 0.1) is 18.7 Å². The second kappa shape index (κ2) is 8.61. The minimum atomic E-state index is -0.210. The van der Waals surface area contributed by atoms with Gasteiger partial charge in [-0.05, 0) is 49.1 Å². The van der Waals surface area contributed by atoms with Crippen molar-refractivity contribution in [2.45, 2.75) is 39.8 Å². The summed E-state index contributed by atoms with van der Waals surface area (Å²) in [6.07, 6.45) is 2.64. The van der Waals surface area contributed by atoms with E-state index in [-0.39, 0.29) is 17.8 Å². The van der Waals surface area contributed by atoms with Crippen LogP contribution in [0.15, 0.2) is 42.6 Å². The van der Waals surface area contributed by atoms with Crippen LogP contribution in [0.4, 0.5) is 4.39 Å². The van der Waals surface area contributed by atoms with Crippen molar-refractivity contribution >= 4 is 5.91 Å². The molecule has 2 heterocycles. The van der Waals surface area contributed by atoms with E-state index in [4.69, 9.17) is 0 Å². The van der Waals surface area contributed by atoms with E-state index in [0.29, 0.717) is 18.0 Å². The Morgan fingerprint density at radius 1 is 1.22 bits per heavy atom. The highest BCUT2D eigenvalue weighted by Crippen LogP contribution is 2.22. The van der Waals surface area contributed by atoms with Crippen LogP contribution in [0.5, 0.6) is 0 Å². The summed E-state index contributed by atoms with van der Waals surface area (Å²) in [6.45, 7) is 9.43. The number of carbonyl (C=O) groups excluding carboxylic acids is 1. The highest BCUT2D eigenvalue weighted by Gasteiger charge is 2.30. The maximum absolute atomic E-state index is 13.2. The fourth-order valence-electron chi connectivity index (χ4n) is 3.78. The van der Waals surface area contributed by atoms with Gasteiger partial charge in [0.15, 0.2) is 0 Å². The molecule has 5 heteroatoms. The molecule has 0 bridgehead atoms. The largest absolute Gasteiger partial charge is 0.337 e. The standard InChI is InChI=1S/C22H28FN3O/c1-16(2)21-15-26(22(27)20-6-4-11-24-17(20)3)13-5-12-25(21)14-18-7-9-19(23)10-8-18/h4,6-11,16,21H,5,12-15H2,1-3H3/t21-/m0/s1. The highest BCUT2D eigenvalue weighted by atomic mass is 19.1. The van der Waals surface area contributed by atoms with Crippen LogP contribution in [-0.2, 0) is 6.54 Å². The lowest BCUT2D eigenvalue weighted by atomic mass is 10.0. The number of nitrogens with zero attached hydrogens (tertiary/aromatic N) is 3. The summed E-state index contributed by atoms with van der Waals surface area (Å²) in [4.78, 5) is 21.7. The average molecular weight is 369 g/mol. The Hall–Kier alpha value is -2.27. The van der Waals surface area contributed by atoms with Crippen molar-refractivity contribution < 1.29 is 9.18 Å². The molecule has 0 radical (unpaired) electrons. The first-order valence-corrected chi connectivity index (χ1v) is 9.65. The molecular weight excluding hydrogens is 341 g/mol. The van der Waals surface area contributed by atoms with Gasteiger partial charge < -0.3 is 4.90 Å². The van der Waals surface area contributed by atoms with E-state index >= 15 is 0 Å². The minimum Gasteiger partial charge on any atom is -0.337 e. The molecule has 3 rings (SSSR count). The Kier molecular flexibility index (Phi) is 6.22. The molecule has 0 saturated carbocycles. The number of halogens is 1. The van der Waals surface area contributed by atoms with Gasteiger partial charge in [-0.2, -0.15) is 0 Å². The third-order valence-electron chi connectivity index (χ3n) is 5.34. The highest BCUT2D eigenvalue weighted by molar-refractivity contribution is 5.95. The molecule has 1 aliphatic heterocycles. The predicted molar refractivity (Wildman–Crippen MR) is 105 cm³/mol. The van der Waals surface area contributed by atoms with E-state index in [1.807, 2.05) is 36.1 Å². The summed E-state index contributed by atoms with van der Waals surface area (Å²) in [6, 6.07) is 10.7. The normalized spacial score (nSPS) is 18.6. The number of aromatic nitrogens is 1. The number of pyridine rings is 1. The first-order valence-electron chi connectivity index (χ1n) is 9.65. The number of benzene rings is 1. The van der Waals surface area contributed by atoms with Crippen LogP contribution >= 0.6 is 0 Å². The molecule has 4 nitrogen and oxygen atoms in total. The molecule has 1 amide bonds. The molecule has 0 spiro atoms. The molecule has 2 aromatic rings. The van der Waals surface area contributed by atoms with Gasteiger partial charge in [-0.3, -0.25) is 14.7 Å². The van der Waals surface area contributed by atoms with Crippen molar-refractivity contribution in [2.75, 3.05) is 19.6 Å². The molecule has 144 valence electrons. The Morgan fingerprint density at radius 3 is 2.63 bits per heavy atom. The number of aryl methyl sites for hydroxylation is 1. The SMILES string of the molecule is Cc1ncccc1C(=O)N1CCCN(Cc2ccc(F)cc2)[C@H](C(C)C)C1. The maximum Gasteiger partial charge on any atom is 0.255 e. The van der Waals surface area contributed by atoms with Crippen molar-refractivity contribution in [3.05, 3.63) is 65.2 Å². The smallest absolute Gasteiger partial charge is 0.255 e. The lowest BCUT2D eigenvalue weighted by Gasteiger charge is -2.34.